The van der Waals surface area contributed by atoms with Gasteiger partial charge in [0.25, 0.3) is 5.91 Å². The molecule has 0 saturated carbocycles. The Morgan fingerprint density at radius 2 is 1.95 bits per heavy atom. The largest absolute Gasteiger partial charge is 0.493 e. The molecule has 0 saturated heterocycles. The summed E-state index contributed by atoms with van der Waals surface area (Å²) in [6.07, 6.45) is 4.75. The predicted octanol–water partition coefficient (Wildman–Crippen LogP) is 7.20. The van der Waals surface area contributed by atoms with Gasteiger partial charge in [0.05, 0.1) is 23.9 Å². The van der Waals surface area contributed by atoms with Crippen molar-refractivity contribution in [3.63, 3.8) is 0 Å². The van der Waals surface area contributed by atoms with Gasteiger partial charge in [-0.05, 0) is 67.3 Å². The van der Waals surface area contributed by atoms with Gasteiger partial charge in [-0.2, -0.15) is 0 Å². The Morgan fingerprint density at radius 3 is 2.57 bits per heavy atom. The molecule has 9 heteroatoms. The molecule has 0 unspecified atom stereocenters. The maximum Gasteiger partial charge on any atom is 0.416 e. The van der Waals surface area contributed by atoms with Crippen molar-refractivity contribution >= 4 is 48.6 Å². The third-order valence-electron chi connectivity index (χ3n) is 7.38. The van der Waals surface area contributed by atoms with E-state index in [0.29, 0.717) is 30.0 Å². The molecule has 2 aliphatic rings. The Labute approximate surface area is 236 Å². The van der Waals surface area contributed by atoms with Gasteiger partial charge in [0.15, 0.2) is 14.5 Å². The fraction of sp³-hybridized carbons (Fsp3) is 0.571. The number of nitrogens with zero attached hydrogens (tertiary/aromatic N) is 2. The predicted molar refractivity (Wildman–Crippen MR) is 159 cm³/mol. The molecular formula is C28H41IN2O5Si. The van der Waals surface area contributed by atoms with E-state index in [4.69, 9.17) is 13.9 Å². The van der Waals surface area contributed by atoms with Crippen LogP contribution in [-0.2, 0) is 9.16 Å². The summed E-state index contributed by atoms with van der Waals surface area (Å²) in [6.45, 7) is 19.1. The second-order valence-electron chi connectivity index (χ2n) is 11.3. The smallest absolute Gasteiger partial charge is 0.416 e. The number of amides is 2. The maximum absolute atomic E-state index is 13.9. The molecule has 2 amide bonds. The lowest BCUT2D eigenvalue weighted by Crippen LogP contribution is -2.57. The van der Waals surface area contributed by atoms with Crippen molar-refractivity contribution in [1.29, 1.82) is 0 Å². The average molecular weight is 641 g/mol. The highest BCUT2D eigenvalue weighted by molar-refractivity contribution is 14.1. The summed E-state index contributed by atoms with van der Waals surface area (Å²) in [7, 11) is -2.38. The van der Waals surface area contributed by atoms with E-state index in [1.54, 1.807) is 9.80 Å². The minimum atomic E-state index is -2.38. The van der Waals surface area contributed by atoms with Crippen molar-refractivity contribution < 1.29 is 23.5 Å². The monoisotopic (exact) mass is 640 g/mol. The molecule has 37 heavy (non-hydrogen) atoms. The zero-order chi connectivity index (χ0) is 27.5. The molecule has 0 aliphatic carbocycles. The van der Waals surface area contributed by atoms with E-state index in [0.717, 1.165) is 28.4 Å². The number of anilines is 1. The van der Waals surface area contributed by atoms with Crippen molar-refractivity contribution in [3.8, 4) is 5.75 Å². The molecule has 0 bridgehead atoms. The zero-order valence-corrected chi connectivity index (χ0v) is 26.4. The lowest BCUT2D eigenvalue weighted by Gasteiger charge is -2.44. The number of hydrogen-bond donors (Lipinski definition) is 0. The van der Waals surface area contributed by atoms with Crippen LogP contribution in [0.15, 0.2) is 36.6 Å². The Hall–Kier alpha value is -1.85. The van der Waals surface area contributed by atoms with Crippen LogP contribution in [0.2, 0.25) is 18.1 Å². The highest BCUT2D eigenvalue weighted by atomic mass is 127. The van der Waals surface area contributed by atoms with Crippen LogP contribution < -0.4 is 9.64 Å². The fourth-order valence-corrected chi connectivity index (χ4v) is 6.06. The summed E-state index contributed by atoms with van der Waals surface area (Å²) < 4.78 is 19.7. The summed E-state index contributed by atoms with van der Waals surface area (Å²) in [5.74, 6) is 0.501. The maximum atomic E-state index is 13.9. The minimum Gasteiger partial charge on any atom is -0.493 e. The van der Waals surface area contributed by atoms with Crippen LogP contribution in [0.5, 0.6) is 5.75 Å². The van der Waals surface area contributed by atoms with Crippen LogP contribution in [0.4, 0.5) is 10.5 Å². The highest BCUT2D eigenvalue weighted by Gasteiger charge is 2.50. The molecule has 0 fully saturated rings. The van der Waals surface area contributed by atoms with Crippen LogP contribution in [0.25, 0.3) is 0 Å². The Balaban J connectivity index is 2.19. The lowest BCUT2D eigenvalue weighted by molar-refractivity contribution is 0.0589. The first kappa shape index (κ1) is 29.7. The number of fused-ring (bicyclic) bond motifs is 2. The number of halogens is 1. The standard InChI is InChI=1S/C28H41IN2O5Si/c1-9-13-35-27(33)31-22-17-24(34-14-11-10-12-29)20(3)16-21(22)25(32)30-18-19(2)15-23(30)26(31)36-37(7,8)28(4,5)6/h9,16-18,23,26H,1,10-15H2,2-8H3/t23-,26-/m0/s1. The SMILES string of the molecule is C=CCOC(=O)N1c2cc(OCCCCI)c(C)cc2C(=O)N2C=C(C)C[C@H]2[C@@H]1O[Si](C)(C)C(C)(C)C. The van der Waals surface area contributed by atoms with Gasteiger partial charge in [-0.1, -0.05) is 61.6 Å². The van der Waals surface area contributed by atoms with Crippen molar-refractivity contribution in [2.45, 2.75) is 84.3 Å². The molecule has 2 heterocycles. The Bertz CT molecular complexity index is 1070. The summed E-state index contributed by atoms with van der Waals surface area (Å²) in [4.78, 5) is 30.9. The van der Waals surface area contributed by atoms with E-state index < -0.39 is 20.6 Å². The highest BCUT2D eigenvalue weighted by Crippen LogP contribution is 2.44. The number of carbonyl (C=O) groups excluding carboxylic acids is 2. The van der Waals surface area contributed by atoms with E-state index in [1.165, 1.54) is 6.08 Å². The summed E-state index contributed by atoms with van der Waals surface area (Å²) in [5, 5.41) is -0.102. The number of carbonyl (C=O) groups is 2. The summed E-state index contributed by atoms with van der Waals surface area (Å²) in [6, 6.07) is 3.27. The van der Waals surface area contributed by atoms with Gasteiger partial charge in [0.2, 0.25) is 0 Å². The number of benzene rings is 1. The molecule has 3 rings (SSSR count). The zero-order valence-electron chi connectivity index (χ0n) is 23.2. The summed E-state index contributed by atoms with van der Waals surface area (Å²) >= 11 is 2.36. The first-order chi connectivity index (χ1) is 17.3. The van der Waals surface area contributed by atoms with Gasteiger partial charge in [-0.25, -0.2) is 9.69 Å². The number of rotatable bonds is 9. The lowest BCUT2D eigenvalue weighted by atomic mass is 10.1. The Morgan fingerprint density at radius 1 is 1.24 bits per heavy atom. The van der Waals surface area contributed by atoms with Crippen molar-refractivity contribution in [2.24, 2.45) is 0 Å². The quantitative estimate of drug-likeness (QED) is 0.0940. The molecule has 0 N–H and O–H groups in total. The molecule has 1 aromatic rings. The molecule has 0 spiro atoms. The number of ether oxygens (including phenoxy) is 2. The van der Waals surface area contributed by atoms with E-state index in [-0.39, 0.29) is 23.6 Å². The number of aryl methyl sites for hydroxylation is 1. The van der Waals surface area contributed by atoms with Gasteiger partial charge in [-0.15, -0.1) is 0 Å². The van der Waals surface area contributed by atoms with Crippen LogP contribution >= 0.6 is 22.6 Å². The van der Waals surface area contributed by atoms with Crippen molar-refractivity contribution in [3.05, 3.63) is 47.7 Å². The van der Waals surface area contributed by atoms with Crippen LogP contribution in [0, 0.1) is 6.92 Å². The number of unbranched alkanes of at least 4 members (excludes halogenated alkanes) is 1. The van der Waals surface area contributed by atoms with Gasteiger partial charge < -0.3 is 18.8 Å². The minimum absolute atomic E-state index is 0.0581. The molecule has 204 valence electrons. The first-order valence-corrected chi connectivity index (χ1v) is 17.3. The molecular weight excluding hydrogens is 599 g/mol. The second kappa shape index (κ2) is 11.9. The number of alkyl halides is 1. The third kappa shape index (κ3) is 6.42. The topological polar surface area (TPSA) is 68.3 Å². The Kier molecular flexibility index (Phi) is 9.55. The molecule has 7 nitrogen and oxygen atoms in total. The molecule has 2 atom stereocenters. The first-order valence-electron chi connectivity index (χ1n) is 12.9. The molecule has 2 aliphatic heterocycles. The van der Waals surface area contributed by atoms with E-state index in [1.807, 2.05) is 32.2 Å². The molecule has 1 aromatic carbocycles. The van der Waals surface area contributed by atoms with Gasteiger partial charge in [0.1, 0.15) is 12.4 Å². The normalized spacial score (nSPS) is 19.7. The van der Waals surface area contributed by atoms with E-state index in [9.17, 15) is 9.59 Å². The van der Waals surface area contributed by atoms with Crippen molar-refractivity contribution in [1.82, 2.24) is 4.90 Å². The average Bonchev–Trinajstić information content (AvgIpc) is 3.18. The second-order valence-corrected chi connectivity index (χ2v) is 17.2. The number of hydrogen-bond acceptors (Lipinski definition) is 5. The summed E-state index contributed by atoms with van der Waals surface area (Å²) in [5.41, 5.74) is 2.81. The van der Waals surface area contributed by atoms with E-state index >= 15 is 0 Å². The van der Waals surface area contributed by atoms with Crippen LogP contribution in [0.3, 0.4) is 0 Å². The van der Waals surface area contributed by atoms with Gasteiger partial charge in [-0.3, -0.25) is 4.79 Å². The molecule has 0 aromatic heterocycles. The van der Waals surface area contributed by atoms with Crippen LogP contribution in [-0.4, -0.2) is 55.1 Å². The fourth-order valence-electron chi connectivity index (χ4n) is 4.30. The van der Waals surface area contributed by atoms with E-state index in [2.05, 4.69) is 63.0 Å². The van der Waals surface area contributed by atoms with Gasteiger partial charge >= 0.3 is 6.09 Å². The molecule has 0 radical (unpaired) electrons. The van der Waals surface area contributed by atoms with Gasteiger partial charge in [0, 0.05) is 12.3 Å². The third-order valence-corrected chi connectivity index (χ3v) is 12.6. The van der Waals surface area contributed by atoms with Crippen LogP contribution in [0.1, 0.15) is 62.9 Å². The van der Waals surface area contributed by atoms with Crippen molar-refractivity contribution in [2.75, 3.05) is 22.5 Å².